The molecule has 0 saturated heterocycles. The molecule has 2 unspecified atom stereocenters. The van der Waals surface area contributed by atoms with Crippen molar-refractivity contribution in [3.8, 4) is 11.5 Å². The number of rotatable bonds is 7. The third-order valence-corrected chi connectivity index (χ3v) is 6.20. The molecule has 166 valence electrons. The maximum absolute atomic E-state index is 6.38. The van der Waals surface area contributed by atoms with Crippen LogP contribution in [0.2, 0.25) is 0 Å². The molecule has 4 heteroatoms. The highest BCUT2D eigenvalue weighted by molar-refractivity contribution is 5.53. The summed E-state index contributed by atoms with van der Waals surface area (Å²) in [6.07, 6.45) is 3.89. The molecule has 0 aliphatic rings. The summed E-state index contributed by atoms with van der Waals surface area (Å²) in [5.41, 5.74) is 4.51. The first-order valence-corrected chi connectivity index (χ1v) is 11.4. The maximum Gasteiger partial charge on any atom is 0.169 e. The van der Waals surface area contributed by atoms with Gasteiger partial charge in [0.05, 0.1) is 11.8 Å². The number of aromatic nitrogens is 2. The number of H-pyrrole nitrogens is 2. The SMILES string of the molecule is c1ccc(C(c2ccc[nH]2)c2ccc(-c3ccc(C(c4ccccc4)c4ccc[nH]4)o3)o2)cc1. The van der Waals surface area contributed by atoms with Crippen molar-refractivity contribution in [2.24, 2.45) is 0 Å². The first-order chi connectivity index (χ1) is 16.9. The minimum atomic E-state index is -0.0182. The molecule has 6 aromatic rings. The quantitative estimate of drug-likeness (QED) is 0.267. The fourth-order valence-corrected chi connectivity index (χ4v) is 4.61. The van der Waals surface area contributed by atoms with Gasteiger partial charge < -0.3 is 18.8 Å². The smallest absolute Gasteiger partial charge is 0.169 e. The Kier molecular flexibility index (Phi) is 5.24. The van der Waals surface area contributed by atoms with Crippen molar-refractivity contribution < 1.29 is 8.83 Å². The molecule has 0 bridgehead atoms. The molecule has 2 aromatic carbocycles. The lowest BCUT2D eigenvalue weighted by Gasteiger charge is -2.14. The summed E-state index contributed by atoms with van der Waals surface area (Å²) in [7, 11) is 0. The Morgan fingerprint density at radius 1 is 0.441 bits per heavy atom. The van der Waals surface area contributed by atoms with E-state index in [1.54, 1.807) is 0 Å². The van der Waals surface area contributed by atoms with Gasteiger partial charge >= 0.3 is 0 Å². The largest absolute Gasteiger partial charge is 0.457 e. The Labute approximate surface area is 197 Å². The molecule has 2 N–H and O–H groups in total. The lowest BCUT2D eigenvalue weighted by molar-refractivity contribution is 0.467. The highest BCUT2D eigenvalue weighted by atomic mass is 16.4. The zero-order valence-corrected chi connectivity index (χ0v) is 18.5. The third kappa shape index (κ3) is 3.80. The molecule has 2 atom stereocenters. The van der Waals surface area contributed by atoms with E-state index in [1.807, 2.05) is 60.9 Å². The van der Waals surface area contributed by atoms with Gasteiger partial charge in [-0.05, 0) is 59.7 Å². The standard InChI is InChI=1S/C30H24N2O2/c1-3-9-21(10-4-1)29(23-13-7-19-31-23)27-17-15-25(33-27)26-16-18-28(34-26)30(24-14-8-20-32-24)22-11-5-2-6-12-22/h1-20,29-32H. The van der Waals surface area contributed by atoms with E-state index in [2.05, 4.69) is 70.6 Å². The first-order valence-electron chi connectivity index (χ1n) is 11.4. The van der Waals surface area contributed by atoms with Crippen LogP contribution in [0.4, 0.5) is 0 Å². The van der Waals surface area contributed by atoms with Crippen LogP contribution in [0.3, 0.4) is 0 Å². The molecule has 34 heavy (non-hydrogen) atoms. The lowest BCUT2D eigenvalue weighted by Crippen LogP contribution is -2.02. The van der Waals surface area contributed by atoms with Gasteiger partial charge in [0.1, 0.15) is 11.5 Å². The van der Waals surface area contributed by atoms with E-state index in [-0.39, 0.29) is 11.8 Å². The number of nitrogens with one attached hydrogen (secondary N) is 2. The maximum atomic E-state index is 6.38. The van der Waals surface area contributed by atoms with Crippen LogP contribution in [-0.2, 0) is 0 Å². The summed E-state index contributed by atoms with van der Waals surface area (Å²) in [5.74, 6) is 3.13. The Morgan fingerprint density at radius 2 is 0.882 bits per heavy atom. The summed E-state index contributed by atoms with van der Waals surface area (Å²) in [6.45, 7) is 0. The van der Waals surface area contributed by atoms with Crippen molar-refractivity contribution in [2.75, 3.05) is 0 Å². The van der Waals surface area contributed by atoms with Crippen molar-refractivity contribution in [3.05, 3.63) is 156 Å². The van der Waals surface area contributed by atoms with Gasteiger partial charge in [-0.2, -0.15) is 0 Å². The molecule has 0 radical (unpaired) electrons. The third-order valence-electron chi connectivity index (χ3n) is 6.20. The van der Waals surface area contributed by atoms with E-state index in [9.17, 15) is 0 Å². The Hall–Kier alpha value is -4.44. The second-order valence-electron chi connectivity index (χ2n) is 8.34. The van der Waals surface area contributed by atoms with E-state index >= 15 is 0 Å². The van der Waals surface area contributed by atoms with Gasteiger partial charge in [-0.1, -0.05) is 60.7 Å². The highest BCUT2D eigenvalue weighted by Gasteiger charge is 2.24. The van der Waals surface area contributed by atoms with Crippen LogP contribution < -0.4 is 0 Å². The normalized spacial score (nSPS) is 13.1. The van der Waals surface area contributed by atoms with Crippen LogP contribution in [0.1, 0.15) is 45.9 Å². The van der Waals surface area contributed by atoms with Crippen molar-refractivity contribution in [3.63, 3.8) is 0 Å². The average molecular weight is 445 g/mol. The monoisotopic (exact) mass is 444 g/mol. The lowest BCUT2D eigenvalue weighted by atomic mass is 9.93. The minimum Gasteiger partial charge on any atom is -0.457 e. The average Bonchev–Trinajstić information content (AvgIpc) is 3.69. The first kappa shape index (κ1) is 20.2. The highest BCUT2D eigenvalue weighted by Crippen LogP contribution is 2.37. The van der Waals surface area contributed by atoms with Crippen LogP contribution in [0.25, 0.3) is 11.5 Å². The van der Waals surface area contributed by atoms with Gasteiger partial charge in [-0.15, -0.1) is 0 Å². The van der Waals surface area contributed by atoms with Gasteiger partial charge in [0.25, 0.3) is 0 Å². The second-order valence-corrected chi connectivity index (χ2v) is 8.34. The zero-order valence-electron chi connectivity index (χ0n) is 18.5. The van der Waals surface area contributed by atoms with Gasteiger partial charge in [0.2, 0.25) is 0 Å². The summed E-state index contributed by atoms with van der Waals surface area (Å²) in [6, 6.07) is 37.0. The summed E-state index contributed by atoms with van der Waals surface area (Å²) < 4.78 is 12.8. The Balaban J connectivity index is 1.36. The van der Waals surface area contributed by atoms with Crippen molar-refractivity contribution in [1.82, 2.24) is 9.97 Å². The fourth-order valence-electron chi connectivity index (χ4n) is 4.61. The molecule has 6 rings (SSSR count). The molecule has 0 spiro atoms. The van der Waals surface area contributed by atoms with Gasteiger partial charge in [-0.25, -0.2) is 0 Å². The number of hydrogen-bond acceptors (Lipinski definition) is 2. The molecule has 0 saturated carbocycles. The van der Waals surface area contributed by atoms with Gasteiger partial charge in [0.15, 0.2) is 11.5 Å². The summed E-state index contributed by atoms with van der Waals surface area (Å²) in [5, 5.41) is 0. The number of hydrogen-bond donors (Lipinski definition) is 2. The molecular weight excluding hydrogens is 420 g/mol. The molecule has 0 aliphatic carbocycles. The van der Waals surface area contributed by atoms with Crippen molar-refractivity contribution in [1.29, 1.82) is 0 Å². The number of aromatic amines is 2. The van der Waals surface area contributed by atoms with Crippen LogP contribution >= 0.6 is 0 Å². The minimum absolute atomic E-state index is 0.0182. The number of benzene rings is 2. The van der Waals surface area contributed by atoms with Gasteiger partial charge in [0, 0.05) is 23.8 Å². The predicted molar refractivity (Wildman–Crippen MR) is 133 cm³/mol. The van der Waals surface area contributed by atoms with E-state index in [0.717, 1.165) is 22.9 Å². The molecule has 4 aromatic heterocycles. The summed E-state index contributed by atoms with van der Waals surface area (Å²) >= 11 is 0. The van der Waals surface area contributed by atoms with E-state index in [0.29, 0.717) is 11.5 Å². The van der Waals surface area contributed by atoms with Crippen molar-refractivity contribution in [2.45, 2.75) is 11.8 Å². The van der Waals surface area contributed by atoms with Crippen LogP contribution in [0.5, 0.6) is 0 Å². The van der Waals surface area contributed by atoms with Crippen molar-refractivity contribution >= 4 is 0 Å². The Bertz CT molecular complexity index is 1330. The molecule has 0 aliphatic heterocycles. The van der Waals surface area contributed by atoms with Crippen LogP contribution in [0.15, 0.2) is 130 Å². The zero-order chi connectivity index (χ0) is 22.7. The second kappa shape index (κ2) is 8.83. The molecule has 4 heterocycles. The molecular formula is C30H24N2O2. The van der Waals surface area contributed by atoms with Crippen LogP contribution in [-0.4, -0.2) is 9.97 Å². The summed E-state index contributed by atoms with van der Waals surface area (Å²) in [4.78, 5) is 6.70. The number of furan rings is 2. The van der Waals surface area contributed by atoms with E-state index in [4.69, 9.17) is 8.83 Å². The topological polar surface area (TPSA) is 57.9 Å². The molecule has 0 fully saturated rings. The van der Waals surface area contributed by atoms with Gasteiger partial charge in [-0.3, -0.25) is 0 Å². The Morgan fingerprint density at radius 3 is 1.26 bits per heavy atom. The predicted octanol–water partition coefficient (Wildman–Crippen LogP) is 7.56. The van der Waals surface area contributed by atoms with Crippen LogP contribution in [0, 0.1) is 0 Å². The molecule has 0 amide bonds. The fraction of sp³-hybridized carbons (Fsp3) is 0.0667. The van der Waals surface area contributed by atoms with E-state index in [1.165, 1.54) is 11.1 Å². The van der Waals surface area contributed by atoms with E-state index < -0.39 is 0 Å². The molecule has 4 nitrogen and oxygen atoms in total.